The summed E-state index contributed by atoms with van der Waals surface area (Å²) in [5.74, 6) is -1.58. The number of rotatable bonds is 2. The summed E-state index contributed by atoms with van der Waals surface area (Å²) in [7, 11) is 0. The number of hydrogen-bond donors (Lipinski definition) is 1. The molecular formula is C19H24O5. The molecule has 5 nitrogen and oxygen atoms in total. The van der Waals surface area contributed by atoms with Gasteiger partial charge in [-0.3, -0.25) is 4.79 Å². The van der Waals surface area contributed by atoms with Gasteiger partial charge in [-0.15, -0.1) is 0 Å². The molecule has 2 aliphatic carbocycles. The molecule has 5 heteroatoms. The maximum absolute atomic E-state index is 12.2. The number of esters is 2. The maximum Gasteiger partial charge on any atom is 0.333 e. The first-order chi connectivity index (χ1) is 11.2. The third kappa shape index (κ3) is 2.51. The van der Waals surface area contributed by atoms with Crippen molar-refractivity contribution in [3.63, 3.8) is 0 Å². The van der Waals surface area contributed by atoms with E-state index in [1.807, 2.05) is 0 Å². The van der Waals surface area contributed by atoms with E-state index in [9.17, 15) is 14.7 Å². The molecule has 3 fully saturated rings. The predicted molar refractivity (Wildman–Crippen MR) is 87.7 cm³/mol. The summed E-state index contributed by atoms with van der Waals surface area (Å²) in [4.78, 5) is 24.2. The average molecular weight is 332 g/mol. The molecule has 0 aromatic heterocycles. The van der Waals surface area contributed by atoms with Gasteiger partial charge in [0.1, 0.15) is 12.2 Å². The minimum atomic E-state index is -0.610. The van der Waals surface area contributed by atoms with Crippen LogP contribution >= 0.6 is 0 Å². The highest BCUT2D eigenvalue weighted by Crippen LogP contribution is 2.52. The lowest BCUT2D eigenvalue weighted by Gasteiger charge is -2.29. The Morgan fingerprint density at radius 2 is 2.04 bits per heavy atom. The Morgan fingerprint density at radius 3 is 2.67 bits per heavy atom. The average Bonchev–Trinajstić information content (AvgIpc) is 2.92. The first kappa shape index (κ1) is 17.0. The van der Waals surface area contributed by atoms with Crippen molar-refractivity contribution in [1.82, 2.24) is 0 Å². The smallest absolute Gasteiger partial charge is 0.333 e. The highest BCUT2D eigenvalue weighted by molar-refractivity contribution is 5.87. The Kier molecular flexibility index (Phi) is 4.16. The monoisotopic (exact) mass is 332 g/mol. The third-order valence-electron chi connectivity index (χ3n) is 5.73. The fourth-order valence-electron chi connectivity index (χ4n) is 4.39. The molecule has 1 N–H and O–H groups in total. The van der Waals surface area contributed by atoms with Crippen molar-refractivity contribution in [3.8, 4) is 0 Å². The van der Waals surface area contributed by atoms with E-state index in [0.29, 0.717) is 24.0 Å². The Balaban J connectivity index is 1.98. The molecule has 1 heterocycles. The van der Waals surface area contributed by atoms with Gasteiger partial charge in [0.2, 0.25) is 0 Å². The highest BCUT2D eigenvalue weighted by atomic mass is 16.6. The minimum Gasteiger partial charge on any atom is -0.461 e. The molecule has 0 bridgehead atoms. The summed E-state index contributed by atoms with van der Waals surface area (Å²) in [6.45, 7) is 15.2. The molecule has 7 atom stereocenters. The number of hydrogen-bond acceptors (Lipinski definition) is 5. The number of fused-ring (bicyclic) bond motifs is 3. The van der Waals surface area contributed by atoms with E-state index >= 15 is 0 Å². The molecule has 7 unspecified atom stereocenters. The normalized spacial score (nSPS) is 41.3. The van der Waals surface area contributed by atoms with Crippen LogP contribution in [0.15, 0.2) is 36.5 Å². The Bertz CT molecular complexity index is 634. The zero-order valence-corrected chi connectivity index (χ0v) is 14.2. The van der Waals surface area contributed by atoms with E-state index in [0.717, 1.165) is 5.57 Å². The van der Waals surface area contributed by atoms with Gasteiger partial charge in [-0.1, -0.05) is 32.2 Å². The van der Waals surface area contributed by atoms with Gasteiger partial charge >= 0.3 is 11.9 Å². The van der Waals surface area contributed by atoms with Gasteiger partial charge < -0.3 is 14.6 Å². The molecule has 1 saturated heterocycles. The molecule has 24 heavy (non-hydrogen) atoms. The molecular weight excluding hydrogens is 308 g/mol. The molecule has 130 valence electrons. The summed E-state index contributed by atoms with van der Waals surface area (Å²) in [6, 6.07) is 0. The zero-order valence-electron chi connectivity index (χ0n) is 14.2. The summed E-state index contributed by atoms with van der Waals surface area (Å²) >= 11 is 0. The summed E-state index contributed by atoms with van der Waals surface area (Å²) in [6.07, 6.45) is -0.546. The van der Waals surface area contributed by atoms with E-state index in [1.165, 1.54) is 0 Å². The first-order valence-electron chi connectivity index (χ1n) is 8.33. The predicted octanol–water partition coefficient (Wildman–Crippen LogP) is 2.17. The van der Waals surface area contributed by atoms with Crippen LogP contribution in [0.5, 0.6) is 0 Å². The largest absolute Gasteiger partial charge is 0.461 e. The van der Waals surface area contributed by atoms with Crippen molar-refractivity contribution < 1.29 is 24.2 Å². The van der Waals surface area contributed by atoms with E-state index in [1.54, 1.807) is 13.8 Å². The van der Waals surface area contributed by atoms with Crippen LogP contribution in [0, 0.1) is 23.7 Å². The van der Waals surface area contributed by atoms with Crippen LogP contribution in [0.4, 0.5) is 0 Å². The van der Waals surface area contributed by atoms with Crippen molar-refractivity contribution in [3.05, 3.63) is 36.5 Å². The van der Waals surface area contributed by atoms with Crippen molar-refractivity contribution in [2.75, 3.05) is 0 Å². The lowest BCUT2D eigenvalue weighted by molar-refractivity contribution is -0.148. The molecule has 0 aromatic carbocycles. The maximum atomic E-state index is 12.2. The van der Waals surface area contributed by atoms with Gasteiger partial charge in [0.25, 0.3) is 0 Å². The zero-order chi connectivity index (χ0) is 17.8. The van der Waals surface area contributed by atoms with Crippen molar-refractivity contribution in [2.24, 2.45) is 23.7 Å². The molecule has 1 aliphatic heterocycles. The van der Waals surface area contributed by atoms with Crippen LogP contribution in [0.3, 0.4) is 0 Å². The fourth-order valence-corrected chi connectivity index (χ4v) is 4.39. The van der Waals surface area contributed by atoms with Crippen LogP contribution in [-0.2, 0) is 19.1 Å². The Hall–Kier alpha value is -1.88. The number of aliphatic hydroxyl groups is 1. The summed E-state index contributed by atoms with van der Waals surface area (Å²) in [5.41, 5.74) is 1.92. The first-order valence-corrected chi connectivity index (χ1v) is 8.33. The number of carbonyl (C=O) groups is 2. The topological polar surface area (TPSA) is 72.8 Å². The Morgan fingerprint density at radius 1 is 1.38 bits per heavy atom. The van der Waals surface area contributed by atoms with Crippen LogP contribution in [-0.4, -0.2) is 35.4 Å². The van der Waals surface area contributed by atoms with Gasteiger partial charge in [-0.2, -0.15) is 0 Å². The standard InChI is InChI=1S/C19H24O5/c1-8(2)18(21)23-14-6-9(3)12-7-13(20)10(4)15(12)17-16(14)11(5)19(22)24-17/h11-17,20H,1,3-4,6-7H2,2,5H3. The Labute approximate surface area is 142 Å². The molecule has 0 spiro atoms. The van der Waals surface area contributed by atoms with Crippen molar-refractivity contribution in [1.29, 1.82) is 0 Å². The lowest BCUT2D eigenvalue weighted by Crippen LogP contribution is -2.38. The molecule has 3 rings (SSSR count). The summed E-state index contributed by atoms with van der Waals surface area (Å²) < 4.78 is 11.3. The molecule has 0 aromatic rings. The van der Waals surface area contributed by atoms with E-state index in [4.69, 9.17) is 9.47 Å². The number of ether oxygens (including phenoxy) is 2. The van der Waals surface area contributed by atoms with Crippen molar-refractivity contribution in [2.45, 2.75) is 45.0 Å². The highest BCUT2D eigenvalue weighted by Gasteiger charge is 2.57. The van der Waals surface area contributed by atoms with Crippen LogP contribution in [0.1, 0.15) is 26.7 Å². The molecule has 0 amide bonds. The second-order valence-electron chi connectivity index (χ2n) is 7.31. The quantitative estimate of drug-likeness (QED) is 0.477. The SMILES string of the molecule is C=C(C)C(=O)OC1CC(=C)C2CC(O)C(=C)C2C2OC(=O)C(C)C12. The molecule has 0 radical (unpaired) electrons. The van der Waals surface area contributed by atoms with Gasteiger partial charge in [0.15, 0.2) is 0 Å². The van der Waals surface area contributed by atoms with Gasteiger partial charge in [-0.05, 0) is 24.8 Å². The van der Waals surface area contributed by atoms with E-state index in [2.05, 4.69) is 19.7 Å². The van der Waals surface area contributed by atoms with Crippen LogP contribution < -0.4 is 0 Å². The van der Waals surface area contributed by atoms with E-state index in [-0.39, 0.29) is 29.6 Å². The van der Waals surface area contributed by atoms with E-state index < -0.39 is 24.3 Å². The number of aliphatic hydroxyl groups excluding tert-OH is 1. The van der Waals surface area contributed by atoms with Gasteiger partial charge in [0.05, 0.1) is 12.0 Å². The van der Waals surface area contributed by atoms with Crippen LogP contribution in [0.2, 0.25) is 0 Å². The summed E-state index contributed by atoms with van der Waals surface area (Å²) in [5, 5.41) is 10.2. The second kappa shape index (κ2) is 5.88. The molecule has 2 saturated carbocycles. The van der Waals surface area contributed by atoms with Gasteiger partial charge in [0, 0.05) is 23.8 Å². The van der Waals surface area contributed by atoms with Crippen LogP contribution in [0.25, 0.3) is 0 Å². The lowest BCUT2D eigenvalue weighted by atomic mass is 9.79. The number of carbonyl (C=O) groups excluding carboxylic acids is 2. The second-order valence-corrected chi connectivity index (χ2v) is 7.31. The molecule has 3 aliphatic rings. The van der Waals surface area contributed by atoms with Gasteiger partial charge in [-0.25, -0.2) is 4.79 Å². The fraction of sp³-hybridized carbons (Fsp3) is 0.579. The minimum absolute atomic E-state index is 0.00775. The van der Waals surface area contributed by atoms with Crippen molar-refractivity contribution >= 4 is 11.9 Å². The third-order valence-corrected chi connectivity index (χ3v) is 5.73.